The van der Waals surface area contributed by atoms with Crippen LogP contribution in [-0.2, 0) is 19.1 Å². The summed E-state index contributed by atoms with van der Waals surface area (Å²) >= 11 is 10.7. The fraction of sp³-hybridized carbons (Fsp3) is 0.182. The first-order valence-electron chi connectivity index (χ1n) is 9.31. The fourth-order valence-corrected chi connectivity index (χ4v) is 4.62. The Labute approximate surface area is 202 Å². The summed E-state index contributed by atoms with van der Waals surface area (Å²) in [7, 11) is 1.17. The molecule has 0 fully saturated rings. The summed E-state index contributed by atoms with van der Waals surface area (Å²) in [6.07, 6.45) is 0. The Morgan fingerprint density at radius 1 is 1.25 bits per heavy atom. The maximum atomic E-state index is 12.8. The van der Waals surface area contributed by atoms with Gasteiger partial charge in [0, 0.05) is 21.1 Å². The van der Waals surface area contributed by atoms with E-state index in [9.17, 15) is 19.6 Å². The number of hydrogen-bond acceptors (Lipinski definition) is 6. The number of hydrogen-bond donors (Lipinski definition) is 2. The summed E-state index contributed by atoms with van der Waals surface area (Å²) in [6.45, 7) is 0. The molecule has 2 amide bonds. The Morgan fingerprint density at radius 3 is 2.56 bits per heavy atom. The van der Waals surface area contributed by atoms with Gasteiger partial charge in [0.15, 0.2) is 0 Å². The van der Waals surface area contributed by atoms with Crippen molar-refractivity contribution in [1.29, 1.82) is 5.26 Å². The average Bonchev–Trinajstić information content (AvgIpc) is 2.78. The smallest absolute Gasteiger partial charge is 0.319 e. The van der Waals surface area contributed by atoms with Gasteiger partial charge in [-0.05, 0) is 35.9 Å². The molecule has 0 radical (unpaired) electrons. The minimum Gasteiger partial charge on any atom is -0.468 e. The van der Waals surface area contributed by atoms with Crippen LogP contribution in [0.25, 0.3) is 0 Å². The topological polar surface area (TPSA) is 108 Å². The van der Waals surface area contributed by atoms with Crippen molar-refractivity contribution in [3.8, 4) is 6.07 Å². The normalized spacial score (nSPS) is 17.9. The molecule has 0 saturated carbocycles. The van der Waals surface area contributed by atoms with Gasteiger partial charge in [-0.1, -0.05) is 57.5 Å². The molecule has 2 atom stereocenters. The fourth-order valence-electron chi connectivity index (χ4n) is 3.25. The van der Waals surface area contributed by atoms with Crippen molar-refractivity contribution in [2.45, 2.75) is 5.92 Å². The maximum Gasteiger partial charge on any atom is 0.319 e. The summed E-state index contributed by atoms with van der Waals surface area (Å²) in [6, 6.07) is 15.8. The molecular weight excluding hydrogens is 518 g/mol. The molecule has 1 heterocycles. The molecule has 2 N–H and O–H groups in total. The van der Waals surface area contributed by atoms with Crippen LogP contribution < -0.4 is 10.6 Å². The lowest BCUT2D eigenvalue weighted by Crippen LogP contribution is -2.44. The molecular formula is C22H17BrClN3O4S. The van der Waals surface area contributed by atoms with E-state index in [1.807, 2.05) is 0 Å². The minimum atomic E-state index is -1.28. The molecule has 2 aromatic rings. The third-order valence-electron chi connectivity index (χ3n) is 4.70. The number of carbonyl (C=O) groups is 3. The van der Waals surface area contributed by atoms with Crippen molar-refractivity contribution in [2.24, 2.45) is 5.92 Å². The zero-order valence-electron chi connectivity index (χ0n) is 16.7. The number of nitrogens with one attached hydrogen (secondary N) is 2. The molecule has 2 aromatic carbocycles. The van der Waals surface area contributed by atoms with Gasteiger partial charge in [-0.15, -0.1) is 0 Å². The molecule has 0 spiro atoms. The van der Waals surface area contributed by atoms with E-state index in [-0.39, 0.29) is 22.3 Å². The first-order valence-corrected chi connectivity index (χ1v) is 11.5. The molecule has 0 aromatic heterocycles. The van der Waals surface area contributed by atoms with Gasteiger partial charge in [0.2, 0.25) is 11.8 Å². The number of anilines is 1. The van der Waals surface area contributed by atoms with Crippen molar-refractivity contribution in [1.82, 2.24) is 5.32 Å². The number of allylic oxidation sites excluding steroid dienone is 1. The van der Waals surface area contributed by atoms with Crippen molar-refractivity contribution in [2.75, 3.05) is 18.2 Å². The van der Waals surface area contributed by atoms with Crippen LogP contribution in [0.4, 0.5) is 5.69 Å². The number of esters is 1. The highest BCUT2D eigenvalue weighted by Crippen LogP contribution is 2.42. The second-order valence-corrected chi connectivity index (χ2v) is 9.00. The Hall–Kier alpha value is -2.80. The first-order chi connectivity index (χ1) is 15.3. The second-order valence-electron chi connectivity index (χ2n) is 6.69. The predicted molar refractivity (Wildman–Crippen MR) is 126 cm³/mol. The zero-order chi connectivity index (χ0) is 23.3. The monoisotopic (exact) mass is 533 g/mol. The number of rotatable bonds is 6. The van der Waals surface area contributed by atoms with Crippen LogP contribution in [0.2, 0.25) is 5.02 Å². The van der Waals surface area contributed by atoms with Gasteiger partial charge in [-0.3, -0.25) is 14.4 Å². The lowest BCUT2D eigenvalue weighted by atomic mass is 9.78. The van der Waals surface area contributed by atoms with E-state index >= 15 is 0 Å². The number of benzene rings is 2. The van der Waals surface area contributed by atoms with Gasteiger partial charge >= 0.3 is 5.97 Å². The van der Waals surface area contributed by atoms with Crippen LogP contribution in [-0.4, -0.2) is 30.6 Å². The molecule has 10 heteroatoms. The molecule has 0 saturated heterocycles. The zero-order valence-corrected chi connectivity index (χ0v) is 19.9. The number of methoxy groups -OCH3 is 1. The third kappa shape index (κ3) is 5.33. The van der Waals surface area contributed by atoms with Gasteiger partial charge < -0.3 is 15.4 Å². The lowest BCUT2D eigenvalue weighted by Gasteiger charge is -2.31. The molecule has 0 bridgehead atoms. The van der Waals surface area contributed by atoms with Crippen molar-refractivity contribution >= 4 is 62.8 Å². The van der Waals surface area contributed by atoms with E-state index in [0.29, 0.717) is 16.3 Å². The van der Waals surface area contributed by atoms with Gasteiger partial charge in [0.05, 0.1) is 29.5 Å². The Balaban J connectivity index is 1.89. The number of ether oxygens (including phenoxy) is 1. The Morgan fingerprint density at radius 2 is 1.94 bits per heavy atom. The van der Waals surface area contributed by atoms with E-state index in [1.54, 1.807) is 48.5 Å². The van der Waals surface area contributed by atoms with Gasteiger partial charge in [-0.2, -0.15) is 5.26 Å². The number of carbonyl (C=O) groups excluding carboxylic acids is 3. The number of thioether (sulfide) groups is 1. The molecule has 1 aliphatic rings. The lowest BCUT2D eigenvalue weighted by molar-refractivity contribution is -0.150. The SMILES string of the molecule is COC(=O)C1C(=O)NC(SCC(=O)Nc2ccc(Br)cc2)=C(C#N)C1c1ccccc1Cl. The maximum absolute atomic E-state index is 12.8. The highest BCUT2D eigenvalue weighted by atomic mass is 79.9. The van der Waals surface area contributed by atoms with E-state index in [2.05, 4.69) is 32.6 Å². The highest BCUT2D eigenvalue weighted by Gasteiger charge is 2.45. The van der Waals surface area contributed by atoms with Gasteiger partial charge in [-0.25, -0.2) is 0 Å². The number of nitrogens with zero attached hydrogens (tertiary/aromatic N) is 1. The van der Waals surface area contributed by atoms with Gasteiger partial charge in [0.1, 0.15) is 5.92 Å². The molecule has 2 unspecified atom stereocenters. The quantitative estimate of drug-likeness (QED) is 0.425. The molecule has 3 rings (SSSR count). The van der Waals surface area contributed by atoms with Crippen LogP contribution in [0.3, 0.4) is 0 Å². The second kappa shape index (κ2) is 10.7. The van der Waals surface area contributed by atoms with Crippen LogP contribution in [0.15, 0.2) is 63.6 Å². The van der Waals surface area contributed by atoms with Crippen LogP contribution in [0.5, 0.6) is 0 Å². The Kier molecular flexibility index (Phi) is 7.96. The van der Waals surface area contributed by atoms with Crippen LogP contribution in [0, 0.1) is 17.2 Å². The molecule has 32 heavy (non-hydrogen) atoms. The number of amides is 2. The number of nitriles is 1. The molecule has 1 aliphatic heterocycles. The third-order valence-corrected chi connectivity index (χ3v) is 6.59. The van der Waals surface area contributed by atoms with Crippen molar-refractivity contribution < 1.29 is 19.1 Å². The minimum absolute atomic E-state index is 0.0605. The van der Waals surface area contributed by atoms with E-state index in [1.165, 1.54) is 7.11 Å². The van der Waals surface area contributed by atoms with E-state index < -0.39 is 23.7 Å². The summed E-state index contributed by atoms with van der Waals surface area (Å²) in [4.78, 5) is 37.6. The average molecular weight is 535 g/mol. The summed E-state index contributed by atoms with van der Waals surface area (Å²) in [5.41, 5.74) is 1.20. The number of halogens is 2. The van der Waals surface area contributed by atoms with E-state index in [4.69, 9.17) is 16.3 Å². The highest BCUT2D eigenvalue weighted by molar-refractivity contribution is 9.10. The molecule has 7 nitrogen and oxygen atoms in total. The standard InChI is InChI=1S/C22H17BrClN3O4S/c1-31-22(30)19-18(14-4-2-3-5-16(14)24)15(10-25)21(27-20(19)29)32-11-17(28)26-13-8-6-12(23)7-9-13/h2-9,18-19H,11H2,1H3,(H,26,28)(H,27,29). The molecule has 164 valence electrons. The first kappa shape index (κ1) is 23.9. The Bertz CT molecular complexity index is 1130. The molecule has 0 aliphatic carbocycles. The predicted octanol–water partition coefficient (Wildman–Crippen LogP) is 4.21. The summed E-state index contributed by atoms with van der Waals surface area (Å²) in [5.74, 6) is -4.01. The van der Waals surface area contributed by atoms with Crippen LogP contribution in [0.1, 0.15) is 11.5 Å². The van der Waals surface area contributed by atoms with Crippen molar-refractivity contribution in [3.63, 3.8) is 0 Å². The summed E-state index contributed by atoms with van der Waals surface area (Å²) in [5, 5.41) is 15.7. The largest absolute Gasteiger partial charge is 0.468 e. The van der Waals surface area contributed by atoms with E-state index in [0.717, 1.165) is 16.2 Å². The summed E-state index contributed by atoms with van der Waals surface area (Å²) < 4.78 is 5.68. The van der Waals surface area contributed by atoms with Crippen LogP contribution >= 0.6 is 39.3 Å². The van der Waals surface area contributed by atoms with Crippen molar-refractivity contribution in [3.05, 3.63) is 74.2 Å². The van der Waals surface area contributed by atoms with Gasteiger partial charge in [0.25, 0.3) is 0 Å².